The zero-order valence-electron chi connectivity index (χ0n) is 72.7. The molecule has 0 bridgehead atoms. The fraction of sp³-hybridized carbons (Fsp3) is 0.701. The summed E-state index contributed by atoms with van der Waals surface area (Å²) in [6.45, 7) is 2.48. The highest BCUT2D eigenvalue weighted by Crippen LogP contribution is 2.45. The van der Waals surface area contributed by atoms with Crippen LogP contribution in [0.5, 0.6) is 0 Å². The van der Waals surface area contributed by atoms with Crippen LogP contribution in [-0.2, 0) is 55.8 Å². The van der Waals surface area contributed by atoms with Crippen molar-refractivity contribution in [3.05, 3.63) is 158 Å². The molecular weight excluding hydrogens is 1480 g/mol. The number of carbonyl (C=O) groups excluding carboxylic acids is 3. The maximum absolute atomic E-state index is 13.0. The summed E-state index contributed by atoms with van der Waals surface area (Å²) in [5.41, 5.74) is 0. The standard InChI is InChI=1S/C97H166O16P2/c1-4-7-10-13-16-19-22-25-28-30-32-34-36-38-40-42-44-45-47-49-50-52-54-56-58-60-63-65-68-71-74-77-80-83-95(100)107-86-92(98)87-109-114(103,104)110-88-93(99)89-111-115(105,106)112-91-94(113-97(102)85-82-79-76-73-70-67-62-27-24-21-18-15-12-9-6-3)90-108-96(101)84-81-78-75-72-69-66-64-61-59-57-55-53-51-48-46-43-41-39-37-35-33-31-29-26-23-20-17-14-11-8-5-2/h7-8,10-11,16-17,19-20,25-29,32-35,38-41,44-46,48,62,92-94,98-99H,4-6,9,12-15,18,21-24,30-31,36-37,42-43,47,49-61,63-91H2,1-3H3,(H,103,104)(H,105,106)/b10-7-,11-8-,19-16-,20-17-,28-25-,29-26-,34-32-,35-33-,40-38-,41-39-,45-44-,48-46-,62-27-. The van der Waals surface area contributed by atoms with Gasteiger partial charge in [-0.05, 0) is 148 Å². The second-order valence-electron chi connectivity index (χ2n) is 30.3. The monoisotopic (exact) mass is 1650 g/mol. The Balaban J connectivity index is 4.47. The number of ether oxygens (including phenoxy) is 3. The molecule has 0 amide bonds. The molecule has 115 heavy (non-hydrogen) atoms. The minimum atomic E-state index is -4.94. The van der Waals surface area contributed by atoms with Crippen LogP contribution in [0.1, 0.15) is 380 Å². The maximum Gasteiger partial charge on any atom is 0.472 e. The molecule has 5 unspecified atom stereocenters. The molecule has 18 heteroatoms. The number of unbranched alkanes of at least 4 members (excludes halogenated alkanes) is 37. The molecule has 5 atom stereocenters. The Labute approximate surface area is 701 Å². The number of aliphatic hydroxyl groups is 2. The van der Waals surface area contributed by atoms with Crippen LogP contribution in [0.3, 0.4) is 0 Å². The van der Waals surface area contributed by atoms with Crippen molar-refractivity contribution in [2.45, 2.75) is 399 Å². The van der Waals surface area contributed by atoms with Gasteiger partial charge in [0, 0.05) is 19.3 Å². The quantitative estimate of drug-likeness (QED) is 0.0146. The molecule has 0 saturated carbocycles. The zero-order chi connectivity index (χ0) is 83.6. The molecule has 4 N–H and O–H groups in total. The molecule has 0 spiro atoms. The largest absolute Gasteiger partial charge is 0.472 e. The number of aliphatic hydroxyl groups excluding tert-OH is 2. The van der Waals surface area contributed by atoms with Crippen molar-refractivity contribution in [1.29, 1.82) is 0 Å². The van der Waals surface area contributed by atoms with E-state index in [2.05, 4.69) is 179 Å². The Morgan fingerprint density at radius 1 is 0.252 bits per heavy atom. The summed E-state index contributed by atoms with van der Waals surface area (Å²) in [5, 5.41) is 20.7. The smallest absolute Gasteiger partial charge is 0.463 e. The number of esters is 3. The van der Waals surface area contributed by atoms with E-state index < -0.39 is 91.5 Å². The van der Waals surface area contributed by atoms with Gasteiger partial charge in [-0.1, -0.05) is 371 Å². The average Bonchev–Trinajstić information content (AvgIpc) is 0.898. The van der Waals surface area contributed by atoms with E-state index in [9.17, 15) is 43.5 Å². The van der Waals surface area contributed by atoms with Crippen molar-refractivity contribution in [3.63, 3.8) is 0 Å². The summed E-state index contributed by atoms with van der Waals surface area (Å²) in [7, 11) is -9.80. The third-order valence-electron chi connectivity index (χ3n) is 19.2. The maximum atomic E-state index is 13.0. The van der Waals surface area contributed by atoms with Gasteiger partial charge in [0.2, 0.25) is 0 Å². The molecule has 0 aromatic carbocycles. The fourth-order valence-corrected chi connectivity index (χ4v) is 13.9. The van der Waals surface area contributed by atoms with Crippen LogP contribution < -0.4 is 0 Å². The first-order chi connectivity index (χ1) is 56.2. The van der Waals surface area contributed by atoms with Crippen molar-refractivity contribution in [2.24, 2.45) is 0 Å². The SMILES string of the molecule is CC/C=C\C/C=C\C/C=C\C/C=C\C/C=C\C/C=C\CCCCCCCCCCCCCCCCC(=O)OCC(O)COP(=O)(O)OCC(O)COP(=O)(O)OCC(COC(=O)CCCCCCCCCCCCCC/C=C\C/C=C\C/C=C\C/C=C\C/C=C\C/C=C\CC)OC(=O)CCCCCCC/C=C\CCCCCCCC. The number of phosphoric acid groups is 2. The molecule has 0 aliphatic carbocycles. The molecule has 0 radical (unpaired) electrons. The highest BCUT2D eigenvalue weighted by molar-refractivity contribution is 7.47. The van der Waals surface area contributed by atoms with Crippen LogP contribution in [0.15, 0.2) is 158 Å². The fourth-order valence-electron chi connectivity index (χ4n) is 12.3. The van der Waals surface area contributed by atoms with E-state index in [-0.39, 0.29) is 19.3 Å². The molecule has 16 nitrogen and oxygen atoms in total. The Hall–Kier alpha value is -4.83. The molecule has 0 heterocycles. The lowest BCUT2D eigenvalue weighted by molar-refractivity contribution is -0.161. The third-order valence-corrected chi connectivity index (χ3v) is 21.1. The molecule has 0 aliphatic heterocycles. The lowest BCUT2D eigenvalue weighted by Crippen LogP contribution is -2.30. The molecule has 0 fully saturated rings. The number of phosphoric ester groups is 2. The summed E-state index contributed by atoms with van der Waals surface area (Å²) in [5.74, 6) is -1.58. The first kappa shape index (κ1) is 110. The van der Waals surface area contributed by atoms with Gasteiger partial charge in [-0.3, -0.25) is 32.5 Å². The molecule has 0 saturated heterocycles. The van der Waals surface area contributed by atoms with Gasteiger partial charge in [0.05, 0.1) is 26.4 Å². The van der Waals surface area contributed by atoms with Crippen molar-refractivity contribution < 1.29 is 75.8 Å². The normalized spacial score (nSPS) is 14.5. The summed E-state index contributed by atoms with van der Waals surface area (Å²) in [4.78, 5) is 58.9. The van der Waals surface area contributed by atoms with Gasteiger partial charge in [0.25, 0.3) is 0 Å². The van der Waals surface area contributed by atoms with Crippen LogP contribution in [0.25, 0.3) is 0 Å². The third kappa shape index (κ3) is 89.8. The summed E-state index contributed by atoms with van der Waals surface area (Å²) < 4.78 is 61.4. The van der Waals surface area contributed by atoms with E-state index in [4.69, 9.17) is 32.3 Å². The van der Waals surface area contributed by atoms with Gasteiger partial charge in [-0.2, -0.15) is 0 Å². The van der Waals surface area contributed by atoms with Crippen molar-refractivity contribution in [2.75, 3.05) is 39.6 Å². The van der Waals surface area contributed by atoms with Gasteiger partial charge < -0.3 is 34.2 Å². The van der Waals surface area contributed by atoms with E-state index >= 15 is 0 Å². The first-order valence-electron chi connectivity index (χ1n) is 45.8. The van der Waals surface area contributed by atoms with Crippen LogP contribution in [0.4, 0.5) is 0 Å². The van der Waals surface area contributed by atoms with Crippen LogP contribution in [0.2, 0.25) is 0 Å². The van der Waals surface area contributed by atoms with E-state index in [1.54, 1.807) is 0 Å². The van der Waals surface area contributed by atoms with Crippen molar-refractivity contribution in [3.8, 4) is 0 Å². The predicted molar refractivity (Wildman–Crippen MR) is 482 cm³/mol. The van der Waals surface area contributed by atoms with Gasteiger partial charge in [-0.15, -0.1) is 0 Å². The minimum absolute atomic E-state index is 0.0931. The molecule has 0 aromatic rings. The lowest BCUT2D eigenvalue weighted by atomic mass is 10.0. The van der Waals surface area contributed by atoms with E-state index in [1.165, 1.54) is 148 Å². The number of hydrogen-bond acceptors (Lipinski definition) is 14. The van der Waals surface area contributed by atoms with Crippen LogP contribution >= 0.6 is 15.6 Å². The van der Waals surface area contributed by atoms with Crippen LogP contribution in [-0.4, -0.2) is 95.9 Å². The summed E-state index contributed by atoms with van der Waals surface area (Å²) >= 11 is 0. The Bertz CT molecular complexity index is 2720. The predicted octanol–water partition coefficient (Wildman–Crippen LogP) is 28.1. The Morgan fingerprint density at radius 3 is 0.739 bits per heavy atom. The molecule has 0 aromatic heterocycles. The number of hydrogen-bond donors (Lipinski definition) is 4. The highest BCUT2D eigenvalue weighted by atomic mass is 31.2. The van der Waals surface area contributed by atoms with Gasteiger partial charge in [-0.25, -0.2) is 9.13 Å². The van der Waals surface area contributed by atoms with Crippen LogP contribution in [0, 0.1) is 0 Å². The molecule has 0 rings (SSSR count). The van der Waals surface area contributed by atoms with E-state index in [0.717, 1.165) is 173 Å². The zero-order valence-corrected chi connectivity index (χ0v) is 74.5. The second kappa shape index (κ2) is 88.5. The van der Waals surface area contributed by atoms with Gasteiger partial charge in [0.15, 0.2) is 6.10 Å². The second-order valence-corrected chi connectivity index (χ2v) is 33.2. The Morgan fingerprint density at radius 2 is 0.461 bits per heavy atom. The first-order valence-corrected chi connectivity index (χ1v) is 48.8. The van der Waals surface area contributed by atoms with Gasteiger partial charge in [0.1, 0.15) is 25.4 Å². The lowest BCUT2D eigenvalue weighted by Gasteiger charge is -2.21. The van der Waals surface area contributed by atoms with E-state index in [0.29, 0.717) is 19.3 Å². The summed E-state index contributed by atoms with van der Waals surface area (Å²) in [6, 6.07) is 0. The minimum Gasteiger partial charge on any atom is -0.463 e. The highest BCUT2D eigenvalue weighted by Gasteiger charge is 2.29. The Kier molecular flexibility index (Phi) is 84.7. The molecule has 660 valence electrons. The van der Waals surface area contributed by atoms with Crippen molar-refractivity contribution >= 4 is 33.6 Å². The number of rotatable bonds is 86. The molecular formula is C97H166O16P2. The number of carbonyl (C=O) groups is 3. The summed E-state index contributed by atoms with van der Waals surface area (Å²) in [6.07, 6.45) is 113. The average molecular weight is 1650 g/mol. The van der Waals surface area contributed by atoms with Gasteiger partial charge >= 0.3 is 33.6 Å². The molecule has 0 aliphatic rings. The van der Waals surface area contributed by atoms with E-state index in [1.807, 2.05) is 0 Å². The topological polar surface area (TPSA) is 231 Å². The van der Waals surface area contributed by atoms with Crippen molar-refractivity contribution in [1.82, 2.24) is 0 Å². The number of allylic oxidation sites excluding steroid dienone is 26.